The Bertz CT molecular complexity index is 323. The van der Waals surface area contributed by atoms with Gasteiger partial charge >= 0.3 is 0 Å². The number of anilines is 1. The number of hydrogen-bond donors (Lipinski definition) is 2. The molecule has 0 fully saturated rings. The van der Waals surface area contributed by atoms with Gasteiger partial charge in [0.05, 0.1) is 12.4 Å². The molecule has 1 aromatic heterocycles. The van der Waals surface area contributed by atoms with Crippen molar-refractivity contribution in [1.82, 2.24) is 9.97 Å². The predicted octanol–water partition coefficient (Wildman–Crippen LogP) is 1.57. The predicted molar refractivity (Wildman–Crippen MR) is 65.9 cm³/mol. The van der Waals surface area contributed by atoms with Crippen LogP contribution in [0.15, 0.2) is 12.4 Å². The zero-order chi connectivity index (χ0) is 11.3. The summed E-state index contributed by atoms with van der Waals surface area (Å²) in [7, 11) is 0. The Morgan fingerprint density at radius 1 is 1.53 bits per heavy atom. The Balaban J connectivity index is 2.53. The van der Waals surface area contributed by atoms with Gasteiger partial charge in [-0.25, -0.2) is 9.97 Å². The van der Waals surface area contributed by atoms with Crippen molar-refractivity contribution in [3.63, 3.8) is 0 Å². The van der Waals surface area contributed by atoms with E-state index in [1.165, 1.54) is 0 Å². The average molecular weight is 224 g/mol. The number of nitrogens with one attached hydrogen (secondary N) is 1. The third-order valence-electron chi connectivity index (χ3n) is 2.23. The molecule has 0 amide bonds. The molecule has 0 saturated carbocycles. The van der Waals surface area contributed by atoms with Crippen LogP contribution in [-0.2, 0) is 0 Å². The quantitative estimate of drug-likeness (QED) is 0.743. The Morgan fingerprint density at radius 3 is 2.73 bits per heavy atom. The van der Waals surface area contributed by atoms with E-state index in [-0.39, 0.29) is 4.99 Å². The Hall–Kier alpha value is -1.23. The summed E-state index contributed by atoms with van der Waals surface area (Å²) in [4.78, 5) is 8.53. The molecule has 1 aromatic rings. The second kappa shape index (κ2) is 5.60. The summed E-state index contributed by atoms with van der Waals surface area (Å²) in [6.07, 6.45) is 4.38. The zero-order valence-corrected chi connectivity index (χ0v) is 9.84. The van der Waals surface area contributed by atoms with E-state index in [2.05, 4.69) is 29.1 Å². The minimum atomic E-state index is 0.274. The zero-order valence-electron chi connectivity index (χ0n) is 9.03. The Morgan fingerprint density at radius 2 is 2.27 bits per heavy atom. The number of aromatic nitrogens is 2. The lowest BCUT2D eigenvalue weighted by Crippen LogP contribution is -2.14. The molecule has 3 N–H and O–H groups in total. The molecule has 0 aliphatic carbocycles. The van der Waals surface area contributed by atoms with E-state index >= 15 is 0 Å². The van der Waals surface area contributed by atoms with E-state index in [0.29, 0.717) is 11.6 Å². The standard InChI is InChI=1S/C10H16N4S/c1-3-7(2)4-13-9-6-12-8(5-14-9)10(11)15/h5-7H,3-4H2,1-2H3,(H2,11,15)(H,13,14). The van der Waals surface area contributed by atoms with E-state index < -0.39 is 0 Å². The molecule has 1 unspecified atom stereocenters. The van der Waals surface area contributed by atoms with Gasteiger partial charge in [0.15, 0.2) is 0 Å². The van der Waals surface area contributed by atoms with Crippen LogP contribution in [0.2, 0.25) is 0 Å². The fraction of sp³-hybridized carbons (Fsp3) is 0.500. The summed E-state index contributed by atoms with van der Waals surface area (Å²) < 4.78 is 0. The van der Waals surface area contributed by atoms with E-state index in [0.717, 1.165) is 18.8 Å². The molecular formula is C10H16N4S. The van der Waals surface area contributed by atoms with Crippen molar-refractivity contribution < 1.29 is 0 Å². The molecule has 0 aliphatic heterocycles. The van der Waals surface area contributed by atoms with Crippen LogP contribution in [-0.4, -0.2) is 21.5 Å². The monoisotopic (exact) mass is 224 g/mol. The highest BCUT2D eigenvalue weighted by atomic mass is 32.1. The average Bonchev–Trinajstić information content (AvgIpc) is 2.26. The highest BCUT2D eigenvalue weighted by molar-refractivity contribution is 7.80. The highest BCUT2D eigenvalue weighted by Crippen LogP contribution is 2.05. The minimum Gasteiger partial charge on any atom is -0.388 e. The fourth-order valence-electron chi connectivity index (χ4n) is 0.970. The lowest BCUT2D eigenvalue weighted by Gasteiger charge is -2.10. The maximum Gasteiger partial charge on any atom is 0.144 e. The van der Waals surface area contributed by atoms with Crippen LogP contribution in [0.25, 0.3) is 0 Å². The molecule has 0 bridgehead atoms. The molecule has 1 atom stereocenters. The van der Waals surface area contributed by atoms with Gasteiger partial charge in [0.1, 0.15) is 16.5 Å². The van der Waals surface area contributed by atoms with Crippen molar-refractivity contribution in [3.05, 3.63) is 18.1 Å². The van der Waals surface area contributed by atoms with Gasteiger partial charge in [0.2, 0.25) is 0 Å². The molecule has 82 valence electrons. The van der Waals surface area contributed by atoms with Gasteiger partial charge in [0, 0.05) is 6.54 Å². The van der Waals surface area contributed by atoms with Crippen LogP contribution in [0.3, 0.4) is 0 Å². The van der Waals surface area contributed by atoms with Crippen molar-refractivity contribution in [1.29, 1.82) is 0 Å². The van der Waals surface area contributed by atoms with Gasteiger partial charge in [-0.1, -0.05) is 32.5 Å². The summed E-state index contributed by atoms with van der Waals surface area (Å²) in [5, 5.41) is 3.20. The summed E-state index contributed by atoms with van der Waals surface area (Å²) in [6, 6.07) is 0. The van der Waals surface area contributed by atoms with E-state index in [1.54, 1.807) is 12.4 Å². The Kier molecular flexibility index (Phi) is 4.42. The molecule has 15 heavy (non-hydrogen) atoms. The van der Waals surface area contributed by atoms with Crippen LogP contribution in [0.5, 0.6) is 0 Å². The molecule has 1 rings (SSSR count). The van der Waals surface area contributed by atoms with Crippen LogP contribution >= 0.6 is 12.2 Å². The van der Waals surface area contributed by atoms with E-state index in [9.17, 15) is 0 Å². The number of nitrogens with two attached hydrogens (primary N) is 1. The lowest BCUT2D eigenvalue weighted by molar-refractivity contribution is 0.592. The molecular weight excluding hydrogens is 208 g/mol. The second-order valence-corrected chi connectivity index (χ2v) is 3.99. The van der Waals surface area contributed by atoms with Gasteiger partial charge in [-0.15, -0.1) is 0 Å². The molecule has 0 aliphatic rings. The first-order chi connectivity index (χ1) is 7.13. The Labute approximate surface area is 95.3 Å². The van der Waals surface area contributed by atoms with E-state index in [4.69, 9.17) is 18.0 Å². The first kappa shape index (κ1) is 11.8. The van der Waals surface area contributed by atoms with Crippen LogP contribution < -0.4 is 11.1 Å². The summed E-state index contributed by atoms with van der Waals surface area (Å²) in [5.74, 6) is 1.39. The summed E-state index contributed by atoms with van der Waals surface area (Å²) in [6.45, 7) is 5.25. The molecule has 0 radical (unpaired) electrons. The van der Waals surface area contributed by atoms with Crippen molar-refractivity contribution in [2.24, 2.45) is 11.7 Å². The normalized spacial score (nSPS) is 12.1. The van der Waals surface area contributed by atoms with Crippen molar-refractivity contribution in [3.8, 4) is 0 Å². The summed E-state index contributed by atoms with van der Waals surface area (Å²) in [5.41, 5.74) is 5.97. The lowest BCUT2D eigenvalue weighted by atomic mass is 10.1. The molecule has 0 spiro atoms. The van der Waals surface area contributed by atoms with Gasteiger partial charge in [-0.2, -0.15) is 0 Å². The first-order valence-corrected chi connectivity index (χ1v) is 5.40. The van der Waals surface area contributed by atoms with Gasteiger partial charge < -0.3 is 11.1 Å². The topological polar surface area (TPSA) is 63.8 Å². The van der Waals surface area contributed by atoms with Crippen LogP contribution in [0, 0.1) is 5.92 Å². The fourth-order valence-corrected chi connectivity index (χ4v) is 1.08. The number of thiocarbonyl (C=S) groups is 1. The largest absolute Gasteiger partial charge is 0.388 e. The van der Waals surface area contributed by atoms with Crippen molar-refractivity contribution >= 4 is 23.0 Å². The molecule has 4 nitrogen and oxygen atoms in total. The maximum absolute atomic E-state index is 5.42. The number of nitrogens with zero attached hydrogens (tertiary/aromatic N) is 2. The smallest absolute Gasteiger partial charge is 0.144 e. The van der Waals surface area contributed by atoms with Gasteiger partial charge in [0.25, 0.3) is 0 Å². The van der Waals surface area contributed by atoms with Crippen LogP contribution in [0.1, 0.15) is 26.0 Å². The minimum absolute atomic E-state index is 0.274. The molecule has 5 heteroatoms. The van der Waals surface area contributed by atoms with Crippen molar-refractivity contribution in [2.75, 3.05) is 11.9 Å². The first-order valence-electron chi connectivity index (χ1n) is 4.99. The number of rotatable bonds is 5. The third kappa shape index (κ3) is 3.79. The van der Waals surface area contributed by atoms with Gasteiger partial charge in [-0.3, -0.25) is 0 Å². The molecule has 0 saturated heterocycles. The molecule has 1 heterocycles. The second-order valence-electron chi connectivity index (χ2n) is 3.55. The highest BCUT2D eigenvalue weighted by Gasteiger charge is 2.01. The van der Waals surface area contributed by atoms with Crippen molar-refractivity contribution in [2.45, 2.75) is 20.3 Å². The summed E-state index contributed by atoms with van der Waals surface area (Å²) >= 11 is 4.79. The SMILES string of the molecule is CCC(C)CNc1cnc(C(N)=S)cn1. The third-order valence-corrected chi connectivity index (χ3v) is 2.44. The number of hydrogen-bond acceptors (Lipinski definition) is 4. The van der Waals surface area contributed by atoms with Gasteiger partial charge in [-0.05, 0) is 5.92 Å². The van der Waals surface area contributed by atoms with Crippen LogP contribution in [0.4, 0.5) is 5.82 Å². The molecule has 0 aromatic carbocycles. The maximum atomic E-state index is 5.42. The van der Waals surface area contributed by atoms with E-state index in [1.807, 2.05) is 0 Å².